The predicted octanol–water partition coefficient (Wildman–Crippen LogP) is 14.8. The van der Waals surface area contributed by atoms with Crippen molar-refractivity contribution in [3.05, 3.63) is 229 Å². The highest BCUT2D eigenvalue weighted by atomic mass is 14.2. The topological polar surface area (TPSA) is 0 Å². The Labute approximate surface area is 322 Å². The van der Waals surface area contributed by atoms with Crippen LogP contribution in [0.25, 0.3) is 75.8 Å². The lowest BCUT2D eigenvalue weighted by molar-refractivity contribution is 1.02. The first-order chi connectivity index (χ1) is 27.3. The van der Waals surface area contributed by atoms with Gasteiger partial charge in [-0.3, -0.25) is 0 Å². The molecule has 2 aliphatic rings. The van der Waals surface area contributed by atoms with Crippen LogP contribution in [0.2, 0.25) is 0 Å². The van der Waals surface area contributed by atoms with Crippen LogP contribution in [0.15, 0.2) is 206 Å². The van der Waals surface area contributed by atoms with E-state index in [-0.39, 0.29) is 0 Å². The van der Waals surface area contributed by atoms with Gasteiger partial charge in [0, 0.05) is 0 Å². The molecule has 11 aromatic carbocycles. The van der Waals surface area contributed by atoms with Gasteiger partial charge in [0.15, 0.2) is 0 Å². The van der Waals surface area contributed by atoms with Gasteiger partial charge in [0.1, 0.15) is 0 Å². The van der Waals surface area contributed by atoms with Gasteiger partial charge in [-0.05, 0) is 129 Å². The normalized spacial score (nSPS) is 12.1. The molecule has 0 bridgehead atoms. The van der Waals surface area contributed by atoms with Crippen molar-refractivity contribution in [2.24, 2.45) is 0 Å². The summed E-state index contributed by atoms with van der Waals surface area (Å²) in [4.78, 5) is 0. The van der Waals surface area contributed by atoms with E-state index in [2.05, 4.69) is 206 Å². The smallest absolute Gasteiger partial charge is 0.00135 e. The van der Waals surface area contributed by atoms with Crippen molar-refractivity contribution in [1.29, 1.82) is 0 Å². The van der Waals surface area contributed by atoms with E-state index >= 15 is 0 Å². The maximum absolute atomic E-state index is 2.25. The van der Waals surface area contributed by atoms with Crippen LogP contribution < -0.4 is 0 Å². The van der Waals surface area contributed by atoms with Gasteiger partial charge >= 0.3 is 0 Å². The van der Waals surface area contributed by atoms with Gasteiger partial charge in [0.05, 0.1) is 0 Å². The SMILES string of the molecule is c1cc2c3c(cccc3c1)CC2.c1cc2ccc3cccc4ccc(c1)c2c34.c1ccc2c(c1)Cc1ccccc1-2.c1ccc2cc3ccccc3cc2c1. The summed E-state index contributed by atoms with van der Waals surface area (Å²) < 4.78 is 0. The quantitative estimate of drug-likeness (QED) is 0.109. The number of hydrogen-bond donors (Lipinski definition) is 0. The van der Waals surface area contributed by atoms with Crippen LogP contribution in [-0.4, -0.2) is 0 Å². The van der Waals surface area contributed by atoms with E-state index in [0.717, 1.165) is 6.42 Å². The number of aryl methyl sites for hydroxylation is 2. The van der Waals surface area contributed by atoms with E-state index < -0.39 is 0 Å². The summed E-state index contributed by atoms with van der Waals surface area (Å²) in [6.07, 6.45) is 3.57. The van der Waals surface area contributed by atoms with Crippen molar-refractivity contribution in [2.75, 3.05) is 0 Å². The van der Waals surface area contributed by atoms with E-state index in [0.29, 0.717) is 0 Å². The molecule has 0 heterocycles. The van der Waals surface area contributed by atoms with Gasteiger partial charge in [0.2, 0.25) is 0 Å². The number of rotatable bonds is 0. The average molecular weight is 701 g/mol. The second kappa shape index (κ2) is 14.2. The van der Waals surface area contributed by atoms with Crippen molar-refractivity contribution in [3.8, 4) is 11.1 Å². The maximum atomic E-state index is 2.25. The summed E-state index contributed by atoms with van der Waals surface area (Å²) in [5.74, 6) is 0. The van der Waals surface area contributed by atoms with Crippen molar-refractivity contribution in [3.63, 3.8) is 0 Å². The van der Waals surface area contributed by atoms with Crippen LogP contribution in [0.4, 0.5) is 0 Å². The third-order valence-corrected chi connectivity index (χ3v) is 11.5. The molecule has 0 N–H and O–H groups in total. The molecule has 0 amide bonds. The van der Waals surface area contributed by atoms with E-state index in [1.54, 1.807) is 0 Å². The molecule has 11 aromatic rings. The van der Waals surface area contributed by atoms with Crippen molar-refractivity contribution in [2.45, 2.75) is 19.3 Å². The molecule has 0 heteroatoms. The Morgan fingerprint density at radius 3 is 0.909 bits per heavy atom. The lowest BCUT2D eigenvalue weighted by Gasteiger charge is -2.09. The zero-order valence-corrected chi connectivity index (χ0v) is 30.8. The zero-order valence-electron chi connectivity index (χ0n) is 30.8. The van der Waals surface area contributed by atoms with Gasteiger partial charge < -0.3 is 0 Å². The lowest BCUT2D eigenvalue weighted by atomic mass is 9.95. The Hall–Kier alpha value is -6.76. The van der Waals surface area contributed by atoms with E-state index in [9.17, 15) is 0 Å². The van der Waals surface area contributed by atoms with Crippen LogP contribution in [-0.2, 0) is 19.3 Å². The van der Waals surface area contributed by atoms with Crippen LogP contribution in [0.5, 0.6) is 0 Å². The first kappa shape index (κ1) is 32.9. The summed E-state index contributed by atoms with van der Waals surface area (Å²) in [5.41, 5.74) is 8.81. The molecular formula is C55H40. The molecule has 0 aliphatic heterocycles. The van der Waals surface area contributed by atoms with Gasteiger partial charge in [-0.25, -0.2) is 0 Å². The van der Waals surface area contributed by atoms with Gasteiger partial charge in [-0.2, -0.15) is 0 Å². The molecular weight excluding hydrogens is 661 g/mol. The summed E-state index contributed by atoms with van der Waals surface area (Å²) in [5, 5.41) is 16.3. The van der Waals surface area contributed by atoms with Crippen molar-refractivity contribution >= 4 is 64.6 Å². The van der Waals surface area contributed by atoms with Crippen LogP contribution in [0.3, 0.4) is 0 Å². The molecule has 0 radical (unpaired) electrons. The van der Waals surface area contributed by atoms with Crippen LogP contribution in [0.1, 0.15) is 22.3 Å². The molecule has 0 unspecified atom stereocenters. The Kier molecular flexibility index (Phi) is 8.50. The molecule has 0 saturated carbocycles. The van der Waals surface area contributed by atoms with Gasteiger partial charge in [-0.1, -0.05) is 194 Å². The largest absolute Gasteiger partial charge is 0.0619 e. The predicted molar refractivity (Wildman–Crippen MR) is 238 cm³/mol. The van der Waals surface area contributed by atoms with E-state index in [4.69, 9.17) is 0 Å². The molecule has 260 valence electrons. The molecule has 55 heavy (non-hydrogen) atoms. The first-order valence-electron chi connectivity index (χ1n) is 19.4. The summed E-state index contributed by atoms with van der Waals surface area (Å²) in [6, 6.07) is 73.8. The lowest BCUT2D eigenvalue weighted by Crippen LogP contribution is -1.82. The minimum atomic E-state index is 1.10. The summed E-state index contributed by atoms with van der Waals surface area (Å²) >= 11 is 0. The molecule has 0 nitrogen and oxygen atoms in total. The fourth-order valence-electron chi connectivity index (χ4n) is 8.82. The van der Waals surface area contributed by atoms with Crippen LogP contribution in [0, 0.1) is 0 Å². The van der Waals surface area contributed by atoms with Gasteiger partial charge in [0.25, 0.3) is 0 Å². The third-order valence-electron chi connectivity index (χ3n) is 11.5. The highest BCUT2D eigenvalue weighted by Crippen LogP contribution is 2.36. The van der Waals surface area contributed by atoms with E-state index in [1.807, 2.05) is 0 Å². The maximum Gasteiger partial charge on any atom is -0.00135 e. The molecule has 13 rings (SSSR count). The Bertz CT molecular complexity index is 2810. The number of hydrogen-bond acceptors (Lipinski definition) is 0. The zero-order chi connectivity index (χ0) is 36.6. The highest BCUT2D eigenvalue weighted by Gasteiger charge is 2.16. The first-order valence-corrected chi connectivity index (χ1v) is 19.4. The fourth-order valence-corrected chi connectivity index (χ4v) is 8.82. The number of benzene rings is 11. The average Bonchev–Trinajstić information content (AvgIpc) is 3.86. The third kappa shape index (κ3) is 6.26. The van der Waals surface area contributed by atoms with Crippen molar-refractivity contribution in [1.82, 2.24) is 0 Å². The number of fused-ring (bicyclic) bond motifs is 5. The van der Waals surface area contributed by atoms with Crippen LogP contribution >= 0.6 is 0 Å². The highest BCUT2D eigenvalue weighted by molar-refractivity contribution is 6.22. The molecule has 0 fully saturated rings. The molecule has 0 atom stereocenters. The Balaban J connectivity index is 0.0000000908. The Morgan fingerprint density at radius 1 is 0.218 bits per heavy atom. The minimum Gasteiger partial charge on any atom is -0.0619 e. The monoisotopic (exact) mass is 700 g/mol. The second-order valence-electron chi connectivity index (χ2n) is 14.8. The Morgan fingerprint density at radius 2 is 0.509 bits per heavy atom. The van der Waals surface area contributed by atoms with Crippen molar-refractivity contribution < 1.29 is 0 Å². The summed E-state index contributed by atoms with van der Waals surface area (Å²) in [6.45, 7) is 0. The summed E-state index contributed by atoms with van der Waals surface area (Å²) in [7, 11) is 0. The minimum absolute atomic E-state index is 1.10. The molecule has 0 saturated heterocycles. The second-order valence-corrected chi connectivity index (χ2v) is 14.8. The molecule has 0 aromatic heterocycles. The molecule has 2 aliphatic carbocycles. The fraction of sp³-hybridized carbons (Fsp3) is 0.0545. The van der Waals surface area contributed by atoms with E-state index in [1.165, 1.54) is 111 Å². The molecule has 0 spiro atoms. The van der Waals surface area contributed by atoms with Gasteiger partial charge in [-0.15, -0.1) is 0 Å². The standard InChI is InChI=1S/C16H10.C14H10.C13H10.C12H10/c1-3-11-7-9-13-5-2-6-14-10-8-12(4-1)15(11)16(13)14;1-2-6-12-10-14-8-4-3-7-13(14)9-11(12)5-1;1-3-7-12-10(5-1)9-11-6-2-4-8-13(11)12;1-3-9-4-2-6-11-8-7-10(5-1)12(9)11/h1-10H;1-10H;1-8H,9H2;1-6H,7-8H2.